The minimum atomic E-state index is -0.832. The zero-order chi connectivity index (χ0) is 12.5. The summed E-state index contributed by atoms with van der Waals surface area (Å²) in [4.78, 5) is 10.9. The molecule has 0 bridgehead atoms. The molecule has 1 unspecified atom stereocenters. The molecule has 0 aliphatic rings. The summed E-state index contributed by atoms with van der Waals surface area (Å²) in [6.45, 7) is 10.7. The maximum Gasteiger partial charge on any atom is 0.312 e. The number of carboxylic acids is 1. The van der Waals surface area contributed by atoms with Crippen LogP contribution in [0.4, 0.5) is 0 Å². The topological polar surface area (TPSA) is 55.1 Å². The number of nitrogens with zero attached hydrogens (tertiary/aromatic N) is 2. The predicted molar refractivity (Wildman–Crippen MR) is 62.7 cm³/mol. The fourth-order valence-electron chi connectivity index (χ4n) is 1.62. The van der Waals surface area contributed by atoms with Crippen LogP contribution in [0.15, 0.2) is 6.07 Å². The van der Waals surface area contributed by atoms with Gasteiger partial charge in [-0.15, -0.1) is 0 Å². The average molecular weight is 224 g/mol. The van der Waals surface area contributed by atoms with E-state index in [9.17, 15) is 4.79 Å². The largest absolute Gasteiger partial charge is 0.481 e. The summed E-state index contributed by atoms with van der Waals surface area (Å²) in [7, 11) is 0. The van der Waals surface area contributed by atoms with Gasteiger partial charge in [-0.3, -0.25) is 9.48 Å². The molecule has 1 aromatic rings. The first-order valence-electron chi connectivity index (χ1n) is 5.58. The molecular weight excluding hydrogens is 204 g/mol. The highest BCUT2D eigenvalue weighted by atomic mass is 16.4. The van der Waals surface area contributed by atoms with Gasteiger partial charge in [-0.2, -0.15) is 5.10 Å². The van der Waals surface area contributed by atoms with Gasteiger partial charge in [0.25, 0.3) is 0 Å². The molecule has 0 spiro atoms. The standard InChI is InChI=1S/C12H20N2O2/c1-6-14-10(12(3,4)5)7-9(13-14)8(2)11(15)16/h7-8H,6H2,1-5H3,(H,15,16). The molecule has 0 aliphatic carbocycles. The van der Waals surface area contributed by atoms with Crippen LogP contribution in [0.3, 0.4) is 0 Å². The Hall–Kier alpha value is -1.32. The zero-order valence-electron chi connectivity index (χ0n) is 10.6. The van der Waals surface area contributed by atoms with E-state index in [0.29, 0.717) is 5.69 Å². The smallest absolute Gasteiger partial charge is 0.312 e. The third-order valence-electron chi connectivity index (χ3n) is 2.68. The van der Waals surface area contributed by atoms with Crippen LogP contribution in [-0.4, -0.2) is 20.9 Å². The molecule has 1 N–H and O–H groups in total. The van der Waals surface area contributed by atoms with Crippen molar-refractivity contribution in [3.63, 3.8) is 0 Å². The summed E-state index contributed by atoms with van der Waals surface area (Å²) < 4.78 is 1.88. The molecule has 0 saturated carbocycles. The SMILES string of the molecule is CCn1nc(C(C)C(=O)O)cc1C(C)(C)C. The van der Waals surface area contributed by atoms with Crippen molar-refractivity contribution in [2.45, 2.75) is 52.5 Å². The molecule has 1 aromatic heterocycles. The van der Waals surface area contributed by atoms with E-state index >= 15 is 0 Å². The Balaban J connectivity index is 3.18. The van der Waals surface area contributed by atoms with E-state index in [1.165, 1.54) is 0 Å². The highest BCUT2D eigenvalue weighted by molar-refractivity contribution is 5.74. The molecule has 16 heavy (non-hydrogen) atoms. The number of aryl methyl sites for hydroxylation is 1. The molecule has 0 radical (unpaired) electrons. The van der Waals surface area contributed by atoms with Gasteiger partial charge < -0.3 is 5.11 Å². The molecule has 4 heteroatoms. The predicted octanol–water partition coefficient (Wildman–Crippen LogP) is 2.39. The van der Waals surface area contributed by atoms with Crippen LogP contribution in [0.25, 0.3) is 0 Å². The van der Waals surface area contributed by atoms with Crippen molar-refractivity contribution >= 4 is 5.97 Å². The summed E-state index contributed by atoms with van der Waals surface area (Å²) in [5, 5.41) is 13.3. The molecule has 1 rings (SSSR count). The average Bonchev–Trinajstić information content (AvgIpc) is 2.59. The Bertz CT molecular complexity index is 388. The normalized spacial score (nSPS) is 13.8. The van der Waals surface area contributed by atoms with Crippen LogP contribution in [0, 0.1) is 0 Å². The van der Waals surface area contributed by atoms with Gasteiger partial charge in [0.1, 0.15) is 0 Å². The van der Waals surface area contributed by atoms with E-state index in [1.807, 2.05) is 17.7 Å². The summed E-state index contributed by atoms with van der Waals surface area (Å²) in [5.41, 5.74) is 1.71. The monoisotopic (exact) mass is 224 g/mol. The lowest BCUT2D eigenvalue weighted by Crippen LogP contribution is -2.17. The molecular formula is C12H20N2O2. The van der Waals surface area contributed by atoms with Gasteiger partial charge >= 0.3 is 5.97 Å². The first kappa shape index (κ1) is 12.7. The quantitative estimate of drug-likeness (QED) is 0.857. The van der Waals surface area contributed by atoms with E-state index < -0.39 is 11.9 Å². The second-order valence-corrected chi connectivity index (χ2v) is 5.08. The number of aliphatic carboxylic acids is 1. The summed E-state index contributed by atoms with van der Waals surface area (Å²) >= 11 is 0. The number of carbonyl (C=O) groups is 1. The Labute approximate surface area is 96.3 Å². The van der Waals surface area contributed by atoms with Crippen molar-refractivity contribution < 1.29 is 9.90 Å². The fourth-order valence-corrected chi connectivity index (χ4v) is 1.62. The Morgan fingerprint density at radius 2 is 2.12 bits per heavy atom. The molecule has 0 aromatic carbocycles. The van der Waals surface area contributed by atoms with E-state index in [2.05, 4.69) is 25.9 Å². The van der Waals surface area contributed by atoms with Gasteiger partial charge in [0.15, 0.2) is 0 Å². The van der Waals surface area contributed by atoms with E-state index in [4.69, 9.17) is 5.11 Å². The van der Waals surface area contributed by atoms with Gasteiger partial charge in [0, 0.05) is 17.7 Å². The number of hydrogen-bond acceptors (Lipinski definition) is 2. The van der Waals surface area contributed by atoms with Gasteiger partial charge in [0.05, 0.1) is 11.6 Å². The lowest BCUT2D eigenvalue weighted by molar-refractivity contribution is -0.138. The second-order valence-electron chi connectivity index (χ2n) is 5.08. The number of rotatable bonds is 3. The molecule has 90 valence electrons. The third kappa shape index (κ3) is 2.43. The molecule has 0 aliphatic heterocycles. The Morgan fingerprint density at radius 1 is 1.56 bits per heavy atom. The van der Waals surface area contributed by atoms with Crippen LogP contribution in [0.1, 0.15) is 51.9 Å². The van der Waals surface area contributed by atoms with Gasteiger partial charge in [0.2, 0.25) is 0 Å². The fraction of sp³-hybridized carbons (Fsp3) is 0.667. The Morgan fingerprint density at radius 3 is 2.44 bits per heavy atom. The van der Waals surface area contributed by atoms with Crippen LogP contribution in [0.2, 0.25) is 0 Å². The number of hydrogen-bond donors (Lipinski definition) is 1. The Kier molecular flexibility index (Phi) is 3.41. The second kappa shape index (κ2) is 4.28. The van der Waals surface area contributed by atoms with Gasteiger partial charge in [-0.05, 0) is 19.9 Å². The first-order chi connectivity index (χ1) is 7.27. The van der Waals surface area contributed by atoms with E-state index in [-0.39, 0.29) is 5.41 Å². The van der Waals surface area contributed by atoms with E-state index in [0.717, 1.165) is 12.2 Å². The van der Waals surface area contributed by atoms with E-state index in [1.54, 1.807) is 6.92 Å². The van der Waals surface area contributed by atoms with Crippen molar-refractivity contribution in [2.75, 3.05) is 0 Å². The number of carboxylic acid groups (broad SMARTS) is 1. The first-order valence-corrected chi connectivity index (χ1v) is 5.58. The molecule has 1 heterocycles. The summed E-state index contributed by atoms with van der Waals surface area (Å²) in [6.07, 6.45) is 0. The van der Waals surface area contributed by atoms with Crippen LogP contribution < -0.4 is 0 Å². The molecule has 1 atom stereocenters. The minimum absolute atomic E-state index is 0.0144. The van der Waals surface area contributed by atoms with Crippen molar-refractivity contribution in [3.05, 3.63) is 17.5 Å². The van der Waals surface area contributed by atoms with Crippen LogP contribution >= 0.6 is 0 Å². The van der Waals surface area contributed by atoms with Gasteiger partial charge in [-0.25, -0.2) is 0 Å². The minimum Gasteiger partial charge on any atom is -0.481 e. The van der Waals surface area contributed by atoms with Gasteiger partial charge in [-0.1, -0.05) is 20.8 Å². The zero-order valence-corrected chi connectivity index (χ0v) is 10.6. The molecule has 0 amide bonds. The van der Waals surface area contributed by atoms with Crippen LogP contribution in [-0.2, 0) is 16.8 Å². The molecule has 0 saturated heterocycles. The van der Waals surface area contributed by atoms with Crippen molar-refractivity contribution in [1.29, 1.82) is 0 Å². The molecule has 0 fully saturated rings. The van der Waals surface area contributed by atoms with Crippen molar-refractivity contribution in [3.8, 4) is 0 Å². The van der Waals surface area contributed by atoms with Crippen LogP contribution in [0.5, 0.6) is 0 Å². The number of aromatic nitrogens is 2. The summed E-state index contributed by atoms with van der Waals surface area (Å²) in [6, 6.07) is 1.91. The van der Waals surface area contributed by atoms with Crippen molar-refractivity contribution in [2.24, 2.45) is 0 Å². The highest BCUT2D eigenvalue weighted by Crippen LogP contribution is 2.25. The maximum absolute atomic E-state index is 10.9. The lowest BCUT2D eigenvalue weighted by atomic mass is 9.91. The molecule has 4 nitrogen and oxygen atoms in total. The van der Waals surface area contributed by atoms with Crippen molar-refractivity contribution in [1.82, 2.24) is 9.78 Å². The maximum atomic E-state index is 10.9. The third-order valence-corrected chi connectivity index (χ3v) is 2.68. The highest BCUT2D eigenvalue weighted by Gasteiger charge is 2.24. The summed E-state index contributed by atoms with van der Waals surface area (Å²) in [5.74, 6) is -1.38. The lowest BCUT2D eigenvalue weighted by Gasteiger charge is -2.19.